The summed E-state index contributed by atoms with van der Waals surface area (Å²) in [6.45, 7) is 3.56. The van der Waals surface area contributed by atoms with E-state index in [0.29, 0.717) is 12.8 Å². The van der Waals surface area contributed by atoms with Crippen LogP contribution >= 0.6 is 0 Å². The van der Waals surface area contributed by atoms with Crippen LogP contribution in [-0.2, 0) is 19.1 Å². The summed E-state index contributed by atoms with van der Waals surface area (Å²) in [5.74, 6) is -1.14. The third-order valence-corrected chi connectivity index (χ3v) is 2.90. The molecule has 2 unspecified atom stereocenters. The molecule has 1 rings (SSSR count). The zero-order valence-electron chi connectivity index (χ0n) is 9.69. The van der Waals surface area contributed by atoms with E-state index >= 15 is 0 Å². The van der Waals surface area contributed by atoms with Gasteiger partial charge in [0, 0.05) is 13.0 Å². The quantitative estimate of drug-likeness (QED) is 0.554. The molecule has 0 spiro atoms. The van der Waals surface area contributed by atoms with Crippen LogP contribution in [0.4, 0.5) is 0 Å². The molecule has 1 aliphatic heterocycles. The Kier molecular flexibility index (Phi) is 4.29. The van der Waals surface area contributed by atoms with E-state index in [0.717, 1.165) is 0 Å². The Labute approximate surface area is 94.7 Å². The van der Waals surface area contributed by atoms with Crippen molar-refractivity contribution in [1.29, 1.82) is 0 Å². The van der Waals surface area contributed by atoms with Crippen molar-refractivity contribution >= 4 is 11.9 Å². The van der Waals surface area contributed by atoms with Crippen LogP contribution in [0.1, 0.15) is 33.1 Å². The zero-order chi connectivity index (χ0) is 12.2. The van der Waals surface area contributed by atoms with E-state index in [1.807, 2.05) is 6.92 Å². The number of aliphatic hydroxyl groups excluding tert-OH is 1. The molecule has 1 aliphatic rings. The summed E-state index contributed by atoms with van der Waals surface area (Å²) in [6.07, 6.45) is 0.796. The fraction of sp³-hybridized carbons (Fsp3) is 0.818. The molecule has 0 amide bonds. The maximum atomic E-state index is 11.8. The number of hydrogen-bond donors (Lipinski definition) is 1. The molecule has 0 aromatic heterocycles. The summed E-state index contributed by atoms with van der Waals surface area (Å²) in [7, 11) is 0. The highest BCUT2D eigenvalue weighted by molar-refractivity contribution is 6.01. The minimum Gasteiger partial charge on any atom is -0.465 e. The van der Waals surface area contributed by atoms with Gasteiger partial charge in [0.05, 0.1) is 6.61 Å². The number of carbonyl (C=O) groups excluding carboxylic acids is 2. The van der Waals surface area contributed by atoms with Gasteiger partial charge in [-0.2, -0.15) is 0 Å². The molecule has 0 saturated carbocycles. The van der Waals surface area contributed by atoms with E-state index in [1.165, 1.54) is 0 Å². The van der Waals surface area contributed by atoms with Crippen molar-refractivity contribution in [2.24, 2.45) is 5.41 Å². The van der Waals surface area contributed by atoms with E-state index in [1.54, 1.807) is 6.92 Å². The lowest BCUT2D eigenvalue weighted by Crippen LogP contribution is -2.38. The molecule has 0 bridgehead atoms. The Morgan fingerprint density at radius 1 is 1.62 bits per heavy atom. The van der Waals surface area contributed by atoms with Crippen LogP contribution in [0.5, 0.6) is 0 Å². The van der Waals surface area contributed by atoms with E-state index < -0.39 is 17.4 Å². The average molecular weight is 230 g/mol. The first-order valence-electron chi connectivity index (χ1n) is 5.59. The van der Waals surface area contributed by atoms with Crippen LogP contribution in [0, 0.1) is 5.41 Å². The molecule has 5 nitrogen and oxygen atoms in total. The van der Waals surface area contributed by atoms with Gasteiger partial charge in [-0.25, -0.2) is 0 Å². The number of aliphatic hydroxyl groups is 1. The minimum absolute atomic E-state index is 0.0706. The molecule has 5 heteroatoms. The fourth-order valence-electron chi connectivity index (χ4n) is 1.94. The van der Waals surface area contributed by atoms with Crippen LogP contribution in [0.3, 0.4) is 0 Å². The monoisotopic (exact) mass is 230 g/mol. The third kappa shape index (κ3) is 2.19. The number of hydrogen-bond acceptors (Lipinski definition) is 5. The van der Waals surface area contributed by atoms with Gasteiger partial charge in [0.2, 0.25) is 0 Å². The van der Waals surface area contributed by atoms with E-state index in [-0.39, 0.29) is 25.7 Å². The van der Waals surface area contributed by atoms with E-state index in [9.17, 15) is 9.59 Å². The van der Waals surface area contributed by atoms with Crippen molar-refractivity contribution in [1.82, 2.24) is 0 Å². The fourth-order valence-corrected chi connectivity index (χ4v) is 1.94. The lowest BCUT2D eigenvalue weighted by Gasteiger charge is -2.21. The van der Waals surface area contributed by atoms with Gasteiger partial charge in [0.15, 0.2) is 5.41 Å². The second-order valence-electron chi connectivity index (χ2n) is 3.92. The first kappa shape index (κ1) is 13.0. The molecule has 1 fully saturated rings. The molecule has 1 N–H and O–H groups in total. The average Bonchev–Trinajstić information content (AvgIpc) is 2.58. The Morgan fingerprint density at radius 3 is 2.75 bits per heavy atom. The summed E-state index contributed by atoms with van der Waals surface area (Å²) in [4.78, 5) is 23.5. The summed E-state index contributed by atoms with van der Waals surface area (Å²) in [5, 5.41) is 8.97. The highest BCUT2D eigenvalue weighted by atomic mass is 16.6. The molecule has 92 valence electrons. The van der Waals surface area contributed by atoms with Gasteiger partial charge < -0.3 is 14.6 Å². The zero-order valence-corrected chi connectivity index (χ0v) is 9.69. The van der Waals surface area contributed by atoms with Crippen LogP contribution < -0.4 is 0 Å². The first-order valence-corrected chi connectivity index (χ1v) is 5.59. The summed E-state index contributed by atoms with van der Waals surface area (Å²) in [6, 6.07) is 0. The molecule has 2 atom stereocenters. The van der Waals surface area contributed by atoms with Gasteiger partial charge in [-0.1, -0.05) is 6.92 Å². The molecular weight excluding hydrogens is 212 g/mol. The van der Waals surface area contributed by atoms with Crippen LogP contribution in [0.2, 0.25) is 0 Å². The highest BCUT2D eigenvalue weighted by Gasteiger charge is 2.55. The number of rotatable bonds is 5. The van der Waals surface area contributed by atoms with Crippen molar-refractivity contribution < 1.29 is 24.2 Å². The van der Waals surface area contributed by atoms with Crippen molar-refractivity contribution in [3.63, 3.8) is 0 Å². The first-order chi connectivity index (χ1) is 7.60. The summed E-state index contributed by atoms with van der Waals surface area (Å²) >= 11 is 0. The Balaban J connectivity index is 2.88. The molecule has 1 saturated heterocycles. The van der Waals surface area contributed by atoms with Gasteiger partial charge in [-0.15, -0.1) is 0 Å². The molecule has 16 heavy (non-hydrogen) atoms. The van der Waals surface area contributed by atoms with Gasteiger partial charge in [0.25, 0.3) is 0 Å². The van der Waals surface area contributed by atoms with Crippen molar-refractivity contribution in [3.8, 4) is 0 Å². The maximum absolute atomic E-state index is 11.8. The van der Waals surface area contributed by atoms with Gasteiger partial charge in [-0.05, 0) is 19.8 Å². The Bertz CT molecular complexity index is 276. The molecule has 0 radical (unpaired) electrons. The lowest BCUT2D eigenvalue weighted by atomic mass is 9.81. The number of carbonyl (C=O) groups is 2. The van der Waals surface area contributed by atoms with Gasteiger partial charge in [-0.3, -0.25) is 9.59 Å². The normalized spacial score (nSPS) is 28.9. The Morgan fingerprint density at radius 2 is 2.31 bits per heavy atom. The molecule has 0 aromatic rings. The number of esters is 2. The summed E-state index contributed by atoms with van der Waals surface area (Å²) in [5.41, 5.74) is -1.29. The Hall–Kier alpha value is -1.10. The van der Waals surface area contributed by atoms with Crippen molar-refractivity contribution in [2.75, 3.05) is 13.2 Å². The van der Waals surface area contributed by atoms with E-state index in [2.05, 4.69) is 0 Å². The lowest BCUT2D eigenvalue weighted by molar-refractivity contribution is -0.166. The third-order valence-electron chi connectivity index (χ3n) is 2.90. The van der Waals surface area contributed by atoms with Gasteiger partial charge in [0.1, 0.15) is 6.10 Å². The highest BCUT2D eigenvalue weighted by Crippen LogP contribution is 2.39. The standard InChI is InChI=1S/C11H18O5/c1-3-8-7-11(5-6-12,10(14)16-8)9(13)15-4-2/h8,12H,3-7H2,1-2H3. The van der Waals surface area contributed by atoms with Crippen LogP contribution in [0.25, 0.3) is 0 Å². The van der Waals surface area contributed by atoms with Crippen LogP contribution in [0.15, 0.2) is 0 Å². The van der Waals surface area contributed by atoms with E-state index in [4.69, 9.17) is 14.6 Å². The predicted octanol–water partition coefficient (Wildman–Crippen LogP) is 0.644. The number of cyclic esters (lactones) is 1. The topological polar surface area (TPSA) is 72.8 Å². The van der Waals surface area contributed by atoms with Crippen LogP contribution in [-0.4, -0.2) is 36.4 Å². The SMILES string of the molecule is CCOC(=O)C1(CCO)CC(CC)OC1=O. The number of ether oxygens (including phenoxy) is 2. The van der Waals surface area contributed by atoms with Crippen molar-refractivity contribution in [2.45, 2.75) is 39.2 Å². The maximum Gasteiger partial charge on any atom is 0.323 e. The smallest absolute Gasteiger partial charge is 0.323 e. The second kappa shape index (κ2) is 5.30. The largest absolute Gasteiger partial charge is 0.465 e. The van der Waals surface area contributed by atoms with Crippen molar-refractivity contribution in [3.05, 3.63) is 0 Å². The molecule has 0 aliphatic carbocycles. The predicted molar refractivity (Wildman–Crippen MR) is 55.6 cm³/mol. The van der Waals surface area contributed by atoms with Gasteiger partial charge >= 0.3 is 11.9 Å². The second-order valence-corrected chi connectivity index (χ2v) is 3.92. The minimum atomic E-state index is -1.29. The molecule has 0 aromatic carbocycles. The molecular formula is C11H18O5. The summed E-state index contributed by atoms with van der Waals surface area (Å²) < 4.78 is 9.99. The molecule has 1 heterocycles.